The highest BCUT2D eigenvalue weighted by molar-refractivity contribution is 7.89. The second kappa shape index (κ2) is 9.89. The van der Waals surface area contributed by atoms with Gasteiger partial charge in [-0.3, -0.25) is 9.59 Å². The molecule has 0 radical (unpaired) electrons. The molecule has 2 amide bonds. The summed E-state index contributed by atoms with van der Waals surface area (Å²) in [4.78, 5) is 24.3. The molecule has 2 aromatic carbocycles. The van der Waals surface area contributed by atoms with Crippen LogP contribution in [0.1, 0.15) is 37.0 Å². The van der Waals surface area contributed by atoms with Gasteiger partial charge < -0.3 is 15.4 Å². The third-order valence-electron chi connectivity index (χ3n) is 5.34. The van der Waals surface area contributed by atoms with Crippen LogP contribution in [0.15, 0.2) is 41.3 Å². The highest BCUT2D eigenvalue weighted by Crippen LogP contribution is 2.32. The Bertz CT molecular complexity index is 1110. The quantitative estimate of drug-likeness (QED) is 0.652. The molecule has 8 nitrogen and oxygen atoms in total. The van der Waals surface area contributed by atoms with Crippen molar-refractivity contribution in [3.8, 4) is 5.75 Å². The molecule has 0 unspecified atom stereocenters. The molecule has 2 N–H and O–H groups in total. The second-order valence-electron chi connectivity index (χ2n) is 7.78. The van der Waals surface area contributed by atoms with E-state index in [2.05, 4.69) is 17.6 Å². The van der Waals surface area contributed by atoms with Crippen molar-refractivity contribution in [2.75, 3.05) is 30.8 Å². The van der Waals surface area contributed by atoms with Gasteiger partial charge in [0.25, 0.3) is 5.91 Å². The zero-order valence-corrected chi connectivity index (χ0v) is 19.7. The number of ether oxygens (including phenoxy) is 1. The van der Waals surface area contributed by atoms with Crippen LogP contribution in [0.2, 0.25) is 5.02 Å². The zero-order chi connectivity index (χ0) is 23.5. The molecular formula is C22H26ClN3O5S. The number of anilines is 2. The minimum atomic E-state index is -3.57. The monoisotopic (exact) mass is 479 g/mol. The lowest BCUT2D eigenvalue weighted by Crippen LogP contribution is -2.37. The number of nitrogens with zero attached hydrogens (tertiary/aromatic N) is 1. The number of sulfonamides is 1. The predicted molar refractivity (Wildman–Crippen MR) is 124 cm³/mol. The van der Waals surface area contributed by atoms with Gasteiger partial charge in [0, 0.05) is 31.8 Å². The number of halogens is 1. The van der Waals surface area contributed by atoms with E-state index in [1.165, 1.54) is 54.7 Å². The van der Waals surface area contributed by atoms with Gasteiger partial charge in [0.15, 0.2) is 0 Å². The van der Waals surface area contributed by atoms with Crippen molar-refractivity contribution in [2.45, 2.75) is 31.6 Å². The Hall–Kier alpha value is -2.62. The summed E-state index contributed by atoms with van der Waals surface area (Å²) in [6.45, 7) is 4.49. The maximum atomic E-state index is 12.9. The van der Waals surface area contributed by atoms with E-state index in [1.807, 2.05) is 0 Å². The van der Waals surface area contributed by atoms with Crippen LogP contribution in [-0.2, 0) is 14.8 Å². The zero-order valence-electron chi connectivity index (χ0n) is 18.1. The minimum absolute atomic E-state index is 0.172. The maximum Gasteiger partial charge on any atom is 0.259 e. The lowest BCUT2D eigenvalue weighted by atomic mass is 10.0. The molecule has 1 heterocycles. The Morgan fingerprint density at radius 2 is 1.72 bits per heavy atom. The number of hydrogen-bond acceptors (Lipinski definition) is 5. The summed E-state index contributed by atoms with van der Waals surface area (Å²) in [5, 5.41) is 5.46. The molecule has 0 bridgehead atoms. The Labute approximate surface area is 192 Å². The first-order valence-corrected chi connectivity index (χ1v) is 12.0. The fourth-order valence-corrected chi connectivity index (χ4v) is 5.15. The van der Waals surface area contributed by atoms with Crippen LogP contribution < -0.4 is 15.4 Å². The fraction of sp³-hybridized carbons (Fsp3) is 0.364. The van der Waals surface area contributed by atoms with Gasteiger partial charge >= 0.3 is 0 Å². The Balaban J connectivity index is 1.76. The Morgan fingerprint density at radius 3 is 2.28 bits per heavy atom. The van der Waals surface area contributed by atoms with Crippen LogP contribution in [-0.4, -0.2) is 44.7 Å². The van der Waals surface area contributed by atoms with Crippen molar-refractivity contribution in [1.29, 1.82) is 0 Å². The summed E-state index contributed by atoms with van der Waals surface area (Å²) < 4.78 is 32.5. The van der Waals surface area contributed by atoms with Crippen LogP contribution in [0.25, 0.3) is 0 Å². The molecule has 1 fully saturated rings. The molecule has 1 aliphatic rings. The summed E-state index contributed by atoms with van der Waals surface area (Å²) >= 11 is 6.18. The summed E-state index contributed by atoms with van der Waals surface area (Å²) in [7, 11) is -2.16. The molecule has 3 rings (SSSR count). The van der Waals surface area contributed by atoms with Crippen molar-refractivity contribution >= 4 is 44.8 Å². The number of rotatable bonds is 6. The summed E-state index contributed by atoms with van der Waals surface area (Å²) in [6, 6.07) is 8.90. The maximum absolute atomic E-state index is 12.9. The molecule has 0 aliphatic carbocycles. The number of amides is 2. The van der Waals surface area contributed by atoms with Gasteiger partial charge in [0.1, 0.15) is 5.75 Å². The van der Waals surface area contributed by atoms with Crippen LogP contribution in [0.4, 0.5) is 11.4 Å². The SMILES string of the molecule is COc1cc(NC(C)=O)c(Cl)cc1C(=O)Nc1ccc(S(=O)(=O)N2CCC(C)CC2)cc1. The van der Waals surface area contributed by atoms with Crippen LogP contribution in [0.5, 0.6) is 5.75 Å². The molecule has 1 aliphatic heterocycles. The van der Waals surface area contributed by atoms with Gasteiger partial charge in [0.2, 0.25) is 15.9 Å². The van der Waals surface area contributed by atoms with E-state index in [0.29, 0.717) is 30.4 Å². The molecule has 10 heteroatoms. The molecule has 0 atom stereocenters. The number of methoxy groups -OCH3 is 1. The van der Waals surface area contributed by atoms with Gasteiger partial charge in [0.05, 0.1) is 28.3 Å². The lowest BCUT2D eigenvalue weighted by Gasteiger charge is -2.29. The lowest BCUT2D eigenvalue weighted by molar-refractivity contribution is -0.114. The van der Waals surface area contributed by atoms with Crippen molar-refractivity contribution in [3.05, 3.63) is 47.0 Å². The highest BCUT2D eigenvalue weighted by Gasteiger charge is 2.28. The fourth-order valence-electron chi connectivity index (χ4n) is 3.47. The first kappa shape index (κ1) is 24.0. The van der Waals surface area contributed by atoms with Gasteiger partial charge in [-0.2, -0.15) is 4.31 Å². The van der Waals surface area contributed by atoms with E-state index in [1.54, 1.807) is 0 Å². The number of hydrogen-bond donors (Lipinski definition) is 2. The molecule has 32 heavy (non-hydrogen) atoms. The molecule has 2 aromatic rings. The van der Waals surface area contributed by atoms with E-state index >= 15 is 0 Å². The molecule has 0 aromatic heterocycles. The Morgan fingerprint density at radius 1 is 1.09 bits per heavy atom. The van der Waals surface area contributed by atoms with Crippen molar-refractivity contribution < 1.29 is 22.7 Å². The van der Waals surface area contributed by atoms with Gasteiger partial charge in [-0.1, -0.05) is 18.5 Å². The summed E-state index contributed by atoms with van der Waals surface area (Å²) in [6.07, 6.45) is 1.69. The topological polar surface area (TPSA) is 105 Å². The van der Waals surface area contributed by atoms with E-state index in [4.69, 9.17) is 16.3 Å². The van der Waals surface area contributed by atoms with E-state index in [9.17, 15) is 18.0 Å². The first-order chi connectivity index (χ1) is 15.1. The van der Waals surface area contributed by atoms with E-state index in [-0.39, 0.29) is 27.1 Å². The summed E-state index contributed by atoms with van der Waals surface area (Å²) in [5.41, 5.74) is 0.922. The van der Waals surface area contributed by atoms with Crippen LogP contribution in [0, 0.1) is 5.92 Å². The summed E-state index contributed by atoms with van der Waals surface area (Å²) in [5.74, 6) is -0.0370. The molecule has 0 spiro atoms. The first-order valence-electron chi connectivity index (χ1n) is 10.2. The van der Waals surface area contributed by atoms with Gasteiger partial charge in [-0.05, 0) is 49.1 Å². The number of nitrogens with one attached hydrogen (secondary N) is 2. The standard InChI is InChI=1S/C22H26ClN3O5S/c1-14-8-10-26(11-9-14)32(29,30)17-6-4-16(5-7-17)25-22(28)18-12-19(23)20(24-15(2)27)13-21(18)31-3/h4-7,12-14H,8-11H2,1-3H3,(H,24,27)(H,25,28). The number of piperidine rings is 1. The molecule has 1 saturated heterocycles. The average Bonchev–Trinajstić information content (AvgIpc) is 2.75. The van der Waals surface area contributed by atoms with E-state index in [0.717, 1.165) is 12.8 Å². The Kier molecular flexibility index (Phi) is 7.43. The smallest absolute Gasteiger partial charge is 0.259 e. The number of carbonyl (C=O) groups is 2. The molecular weight excluding hydrogens is 454 g/mol. The van der Waals surface area contributed by atoms with E-state index < -0.39 is 15.9 Å². The predicted octanol–water partition coefficient (Wildman–Crippen LogP) is 3.98. The van der Waals surface area contributed by atoms with Crippen molar-refractivity contribution in [3.63, 3.8) is 0 Å². The second-order valence-corrected chi connectivity index (χ2v) is 10.1. The average molecular weight is 480 g/mol. The largest absolute Gasteiger partial charge is 0.496 e. The molecule has 0 saturated carbocycles. The van der Waals surface area contributed by atoms with Gasteiger partial charge in [-0.25, -0.2) is 8.42 Å². The van der Waals surface area contributed by atoms with Crippen molar-refractivity contribution in [2.24, 2.45) is 5.92 Å². The van der Waals surface area contributed by atoms with Crippen LogP contribution >= 0.6 is 11.6 Å². The third kappa shape index (κ3) is 5.40. The third-order valence-corrected chi connectivity index (χ3v) is 7.56. The number of carbonyl (C=O) groups excluding carboxylic acids is 2. The minimum Gasteiger partial charge on any atom is -0.496 e. The highest BCUT2D eigenvalue weighted by atomic mass is 35.5. The number of benzene rings is 2. The van der Waals surface area contributed by atoms with Crippen molar-refractivity contribution in [1.82, 2.24) is 4.31 Å². The van der Waals surface area contributed by atoms with Crippen LogP contribution in [0.3, 0.4) is 0 Å². The normalized spacial score (nSPS) is 15.2. The molecule has 172 valence electrons. The van der Waals surface area contributed by atoms with Gasteiger partial charge in [-0.15, -0.1) is 0 Å².